The van der Waals surface area contributed by atoms with Crippen LogP contribution >= 0.6 is 23.1 Å². The van der Waals surface area contributed by atoms with E-state index in [1.165, 1.54) is 35.0 Å². The largest absolute Gasteiger partial charge is 0.465 e. The first kappa shape index (κ1) is 13.3. The van der Waals surface area contributed by atoms with Crippen LogP contribution in [0.4, 0.5) is 5.82 Å². The van der Waals surface area contributed by atoms with Crippen molar-refractivity contribution in [1.29, 1.82) is 0 Å². The molecule has 0 aromatic carbocycles. The fraction of sp³-hybridized carbons (Fsp3) is 0.500. The number of nitrogens with zero attached hydrogens (tertiary/aromatic N) is 2. The van der Waals surface area contributed by atoms with Crippen LogP contribution in [0.15, 0.2) is 5.16 Å². The minimum Gasteiger partial charge on any atom is -0.465 e. The minimum atomic E-state index is -0.198. The summed E-state index contributed by atoms with van der Waals surface area (Å²) in [7, 11) is 0. The van der Waals surface area contributed by atoms with Gasteiger partial charge in [-0.25, -0.2) is 9.97 Å². The maximum Gasteiger partial charge on any atom is 0.319 e. The summed E-state index contributed by atoms with van der Waals surface area (Å²) in [6, 6.07) is 0. The van der Waals surface area contributed by atoms with Crippen molar-refractivity contribution in [2.45, 2.75) is 42.5 Å². The van der Waals surface area contributed by atoms with Crippen LogP contribution in [0.2, 0.25) is 0 Å². The number of nitrogens with two attached hydrogens (primary N) is 1. The van der Waals surface area contributed by atoms with E-state index in [0.717, 1.165) is 23.1 Å². The Balaban J connectivity index is 1.73. The molecule has 0 amide bonds. The molecule has 110 valence electrons. The van der Waals surface area contributed by atoms with Gasteiger partial charge in [0.2, 0.25) is 0 Å². The molecule has 1 atom stereocenters. The van der Waals surface area contributed by atoms with Crippen molar-refractivity contribution >= 4 is 45.1 Å². The number of aromatic nitrogens is 2. The van der Waals surface area contributed by atoms with Crippen molar-refractivity contribution in [3.05, 3.63) is 10.4 Å². The molecule has 0 saturated carbocycles. The van der Waals surface area contributed by atoms with Gasteiger partial charge in [0.25, 0.3) is 0 Å². The number of rotatable bonds is 2. The summed E-state index contributed by atoms with van der Waals surface area (Å²) < 4.78 is 4.98. The SMILES string of the molecule is Nc1nc(SC2CCOC2=O)nc2sc3c(c12)CCCC3. The number of fused-ring (bicyclic) bond motifs is 3. The second-order valence-corrected chi connectivity index (χ2v) is 7.60. The lowest BCUT2D eigenvalue weighted by molar-refractivity contribution is -0.137. The highest BCUT2D eigenvalue weighted by Gasteiger charge is 2.29. The van der Waals surface area contributed by atoms with Crippen LogP contribution in [-0.4, -0.2) is 27.8 Å². The van der Waals surface area contributed by atoms with Crippen LogP contribution in [0.25, 0.3) is 10.2 Å². The van der Waals surface area contributed by atoms with Crippen LogP contribution in [0.3, 0.4) is 0 Å². The smallest absolute Gasteiger partial charge is 0.319 e. The number of carbonyl (C=O) groups is 1. The first-order valence-corrected chi connectivity index (χ1v) is 8.83. The molecule has 0 spiro atoms. The van der Waals surface area contributed by atoms with Gasteiger partial charge in [0.05, 0.1) is 12.0 Å². The Morgan fingerprint density at radius 1 is 1.29 bits per heavy atom. The highest BCUT2D eigenvalue weighted by Crippen LogP contribution is 2.39. The molecule has 4 rings (SSSR count). The quantitative estimate of drug-likeness (QED) is 0.676. The molecule has 2 aromatic heterocycles. The van der Waals surface area contributed by atoms with E-state index < -0.39 is 0 Å². The fourth-order valence-corrected chi connectivity index (χ4v) is 5.18. The summed E-state index contributed by atoms with van der Waals surface area (Å²) in [5.41, 5.74) is 7.50. The van der Waals surface area contributed by atoms with Gasteiger partial charge >= 0.3 is 5.97 Å². The lowest BCUT2D eigenvalue weighted by Crippen LogP contribution is -2.10. The Bertz CT molecular complexity index is 729. The Kier molecular flexibility index (Phi) is 3.26. The molecule has 0 radical (unpaired) electrons. The number of ether oxygens (including phenoxy) is 1. The van der Waals surface area contributed by atoms with E-state index in [2.05, 4.69) is 9.97 Å². The van der Waals surface area contributed by atoms with Gasteiger partial charge in [-0.1, -0.05) is 11.8 Å². The summed E-state index contributed by atoms with van der Waals surface area (Å²) in [6.45, 7) is 0.488. The molecule has 2 aromatic rings. The van der Waals surface area contributed by atoms with E-state index >= 15 is 0 Å². The Morgan fingerprint density at radius 3 is 2.95 bits per heavy atom. The highest BCUT2D eigenvalue weighted by molar-refractivity contribution is 8.00. The summed E-state index contributed by atoms with van der Waals surface area (Å²) in [6.07, 6.45) is 5.36. The summed E-state index contributed by atoms with van der Waals surface area (Å²) in [5.74, 6) is 0.376. The van der Waals surface area contributed by atoms with Crippen molar-refractivity contribution in [2.75, 3.05) is 12.3 Å². The number of esters is 1. The number of aryl methyl sites for hydroxylation is 2. The summed E-state index contributed by atoms with van der Waals surface area (Å²) in [5, 5.41) is 1.42. The van der Waals surface area contributed by atoms with E-state index in [9.17, 15) is 4.79 Å². The van der Waals surface area contributed by atoms with E-state index in [4.69, 9.17) is 10.5 Å². The molecule has 2 N–H and O–H groups in total. The molecule has 1 saturated heterocycles. The monoisotopic (exact) mass is 321 g/mol. The first-order chi connectivity index (χ1) is 10.2. The Labute approximate surface area is 130 Å². The predicted molar refractivity (Wildman–Crippen MR) is 83.7 cm³/mol. The van der Waals surface area contributed by atoms with Gasteiger partial charge in [-0.05, 0) is 31.2 Å². The van der Waals surface area contributed by atoms with Crippen molar-refractivity contribution < 1.29 is 9.53 Å². The molecule has 1 aliphatic carbocycles. The third kappa shape index (κ3) is 2.28. The molecule has 5 nitrogen and oxygen atoms in total. The molecular weight excluding hydrogens is 306 g/mol. The Morgan fingerprint density at radius 2 is 2.14 bits per heavy atom. The van der Waals surface area contributed by atoms with Gasteiger partial charge in [-0.3, -0.25) is 4.79 Å². The lowest BCUT2D eigenvalue weighted by Gasteiger charge is -2.11. The van der Waals surface area contributed by atoms with Crippen molar-refractivity contribution in [3.63, 3.8) is 0 Å². The van der Waals surface area contributed by atoms with E-state index in [0.29, 0.717) is 24.0 Å². The first-order valence-electron chi connectivity index (χ1n) is 7.13. The molecule has 7 heteroatoms. The Hall–Kier alpha value is -1.34. The summed E-state index contributed by atoms with van der Waals surface area (Å²) >= 11 is 3.09. The topological polar surface area (TPSA) is 78.1 Å². The zero-order valence-electron chi connectivity index (χ0n) is 11.4. The molecule has 1 unspecified atom stereocenters. The maximum atomic E-state index is 11.6. The second kappa shape index (κ2) is 5.14. The average Bonchev–Trinajstić information content (AvgIpc) is 3.02. The maximum absolute atomic E-state index is 11.6. The van der Waals surface area contributed by atoms with Gasteiger partial charge in [0.15, 0.2) is 5.16 Å². The van der Waals surface area contributed by atoms with Crippen LogP contribution in [-0.2, 0) is 22.4 Å². The number of carbonyl (C=O) groups excluding carboxylic acids is 1. The van der Waals surface area contributed by atoms with Gasteiger partial charge in [0, 0.05) is 11.3 Å². The number of hydrogen-bond acceptors (Lipinski definition) is 7. The van der Waals surface area contributed by atoms with Gasteiger partial charge in [0.1, 0.15) is 15.9 Å². The standard InChI is InChI=1S/C14H15N3O2S2/c15-11-10-7-3-1-2-4-8(7)20-12(10)17-14(16-11)21-9-5-6-19-13(9)18/h9H,1-6H2,(H2,15,16,17). The third-order valence-corrected chi connectivity index (χ3v) is 6.25. The number of thiophene rings is 1. The van der Waals surface area contributed by atoms with E-state index in [-0.39, 0.29) is 11.2 Å². The second-order valence-electron chi connectivity index (χ2n) is 5.35. The number of anilines is 1. The van der Waals surface area contributed by atoms with Gasteiger partial charge < -0.3 is 10.5 Å². The van der Waals surface area contributed by atoms with Gasteiger partial charge in [-0.15, -0.1) is 11.3 Å². The normalized spacial score (nSPS) is 21.5. The van der Waals surface area contributed by atoms with Crippen molar-refractivity contribution in [2.24, 2.45) is 0 Å². The van der Waals surface area contributed by atoms with Gasteiger partial charge in [-0.2, -0.15) is 0 Å². The highest BCUT2D eigenvalue weighted by atomic mass is 32.2. The lowest BCUT2D eigenvalue weighted by atomic mass is 9.97. The number of nitrogen functional groups attached to an aromatic ring is 1. The number of cyclic esters (lactones) is 1. The molecule has 3 heterocycles. The third-order valence-electron chi connectivity index (χ3n) is 3.96. The van der Waals surface area contributed by atoms with Crippen molar-refractivity contribution in [3.8, 4) is 0 Å². The molecule has 0 bridgehead atoms. The molecule has 1 fully saturated rings. The van der Waals surface area contributed by atoms with Crippen LogP contribution in [0.5, 0.6) is 0 Å². The number of thioether (sulfide) groups is 1. The molecule has 2 aliphatic rings. The molecular formula is C14H15N3O2S2. The molecule has 1 aliphatic heterocycles. The van der Waals surface area contributed by atoms with Crippen molar-refractivity contribution in [1.82, 2.24) is 9.97 Å². The fourth-order valence-electron chi connectivity index (χ4n) is 2.93. The van der Waals surface area contributed by atoms with Crippen LogP contribution in [0.1, 0.15) is 29.7 Å². The zero-order chi connectivity index (χ0) is 14.4. The summed E-state index contributed by atoms with van der Waals surface area (Å²) in [4.78, 5) is 23.0. The van der Waals surface area contributed by atoms with Crippen LogP contribution < -0.4 is 5.73 Å². The predicted octanol–water partition coefficient (Wildman–Crippen LogP) is 2.56. The minimum absolute atomic E-state index is 0.173. The van der Waals surface area contributed by atoms with Crippen LogP contribution in [0, 0.1) is 0 Å². The molecule has 21 heavy (non-hydrogen) atoms. The average molecular weight is 321 g/mol. The number of hydrogen-bond donors (Lipinski definition) is 1. The van der Waals surface area contributed by atoms with E-state index in [1.807, 2.05) is 0 Å². The van der Waals surface area contributed by atoms with E-state index in [1.54, 1.807) is 11.3 Å². The zero-order valence-corrected chi connectivity index (χ0v) is 13.1.